The maximum absolute atomic E-state index is 12.7. The van der Waals surface area contributed by atoms with Crippen molar-refractivity contribution in [3.8, 4) is 5.75 Å². The third kappa shape index (κ3) is 4.86. The molecule has 0 aromatic heterocycles. The van der Waals surface area contributed by atoms with E-state index in [0.29, 0.717) is 27.2 Å². The molecule has 136 valence electrons. The van der Waals surface area contributed by atoms with Crippen molar-refractivity contribution in [1.82, 2.24) is 10.6 Å². The molecule has 1 aliphatic rings. The molecule has 0 saturated heterocycles. The SMILES string of the molecule is CC1=C(C(=O)OC(C)C)C(c2cc(Cl)ccc2OC(C)C)NC(=S)N1. The Morgan fingerprint density at radius 2 is 1.92 bits per heavy atom. The highest BCUT2D eigenvalue weighted by Crippen LogP contribution is 2.36. The number of ether oxygens (including phenoxy) is 2. The number of hydrogen-bond acceptors (Lipinski definition) is 4. The van der Waals surface area contributed by atoms with Crippen molar-refractivity contribution < 1.29 is 14.3 Å². The summed E-state index contributed by atoms with van der Waals surface area (Å²) in [5, 5.41) is 7.09. The smallest absolute Gasteiger partial charge is 0.338 e. The second-order valence-electron chi connectivity index (χ2n) is 6.37. The van der Waals surface area contributed by atoms with Crippen LogP contribution in [0, 0.1) is 0 Å². The van der Waals surface area contributed by atoms with Gasteiger partial charge in [0.05, 0.1) is 23.8 Å². The van der Waals surface area contributed by atoms with Crippen LogP contribution in [0.4, 0.5) is 0 Å². The summed E-state index contributed by atoms with van der Waals surface area (Å²) in [4.78, 5) is 12.7. The molecule has 1 aromatic rings. The topological polar surface area (TPSA) is 59.6 Å². The second kappa shape index (κ2) is 8.06. The molecular formula is C18H23ClN2O3S. The Morgan fingerprint density at radius 1 is 1.24 bits per heavy atom. The van der Waals surface area contributed by atoms with Gasteiger partial charge in [-0.15, -0.1) is 0 Å². The maximum atomic E-state index is 12.7. The predicted octanol–water partition coefficient (Wildman–Crippen LogP) is 3.87. The standard InChI is InChI=1S/C18H23ClN2O3S/c1-9(2)23-14-7-6-12(19)8-13(14)16-15(17(22)24-10(3)4)11(5)20-18(25)21-16/h6-10,16H,1-5H3,(H2,20,21,25). The largest absolute Gasteiger partial charge is 0.491 e. The Bertz CT molecular complexity index is 716. The van der Waals surface area contributed by atoms with E-state index in [0.717, 1.165) is 5.56 Å². The Hall–Kier alpha value is -1.79. The highest BCUT2D eigenvalue weighted by atomic mass is 35.5. The molecule has 0 spiro atoms. The molecule has 1 aromatic carbocycles. The predicted molar refractivity (Wildman–Crippen MR) is 103 cm³/mol. The first-order valence-electron chi connectivity index (χ1n) is 8.14. The van der Waals surface area contributed by atoms with E-state index >= 15 is 0 Å². The van der Waals surface area contributed by atoms with E-state index in [1.165, 1.54) is 0 Å². The summed E-state index contributed by atoms with van der Waals surface area (Å²) >= 11 is 11.5. The maximum Gasteiger partial charge on any atom is 0.338 e. The Balaban J connectivity index is 2.54. The van der Waals surface area contributed by atoms with Crippen molar-refractivity contribution in [1.29, 1.82) is 0 Å². The van der Waals surface area contributed by atoms with Gasteiger partial charge < -0.3 is 20.1 Å². The number of nitrogens with one attached hydrogen (secondary N) is 2. The molecule has 7 heteroatoms. The van der Waals surface area contributed by atoms with Gasteiger partial charge >= 0.3 is 5.97 Å². The first-order valence-corrected chi connectivity index (χ1v) is 8.93. The number of carbonyl (C=O) groups is 1. The number of benzene rings is 1. The lowest BCUT2D eigenvalue weighted by atomic mass is 9.94. The first kappa shape index (κ1) is 19.5. The number of allylic oxidation sites excluding steroid dienone is 1. The van der Waals surface area contributed by atoms with Gasteiger partial charge in [-0.25, -0.2) is 4.79 Å². The Kier molecular flexibility index (Phi) is 6.30. The fourth-order valence-corrected chi connectivity index (χ4v) is 3.03. The molecular weight excluding hydrogens is 360 g/mol. The van der Waals surface area contributed by atoms with Crippen molar-refractivity contribution in [2.45, 2.75) is 52.9 Å². The zero-order chi connectivity index (χ0) is 18.7. The third-order valence-electron chi connectivity index (χ3n) is 3.48. The summed E-state index contributed by atoms with van der Waals surface area (Å²) in [6.45, 7) is 9.29. The number of thiocarbonyl (C=S) groups is 1. The number of halogens is 1. The monoisotopic (exact) mass is 382 g/mol. The van der Waals surface area contributed by atoms with Crippen LogP contribution in [0.25, 0.3) is 0 Å². The van der Waals surface area contributed by atoms with Crippen molar-refractivity contribution in [3.63, 3.8) is 0 Å². The van der Waals surface area contributed by atoms with Crippen molar-refractivity contribution in [2.75, 3.05) is 0 Å². The summed E-state index contributed by atoms with van der Waals surface area (Å²) in [5.41, 5.74) is 1.84. The number of esters is 1. The van der Waals surface area contributed by atoms with Crippen molar-refractivity contribution in [2.24, 2.45) is 0 Å². The molecule has 1 heterocycles. The number of rotatable bonds is 5. The highest BCUT2D eigenvalue weighted by Gasteiger charge is 2.33. The van der Waals surface area contributed by atoms with Crippen LogP contribution in [0.2, 0.25) is 5.02 Å². The van der Waals surface area contributed by atoms with Gasteiger partial charge in [-0.1, -0.05) is 11.6 Å². The van der Waals surface area contributed by atoms with Crippen LogP contribution >= 0.6 is 23.8 Å². The summed E-state index contributed by atoms with van der Waals surface area (Å²) in [7, 11) is 0. The molecule has 0 radical (unpaired) electrons. The van der Waals surface area contributed by atoms with E-state index in [4.69, 9.17) is 33.3 Å². The summed E-state index contributed by atoms with van der Waals surface area (Å²) in [6, 6.07) is 4.82. The zero-order valence-electron chi connectivity index (χ0n) is 15.0. The minimum absolute atomic E-state index is 0.0234. The highest BCUT2D eigenvalue weighted by molar-refractivity contribution is 7.80. The molecule has 2 rings (SSSR count). The van der Waals surface area contributed by atoms with Gasteiger partial charge in [0.25, 0.3) is 0 Å². The van der Waals surface area contributed by atoms with E-state index < -0.39 is 12.0 Å². The Labute approximate surface area is 158 Å². The quantitative estimate of drug-likeness (QED) is 0.595. The van der Waals surface area contributed by atoms with Crippen LogP contribution in [-0.4, -0.2) is 23.3 Å². The van der Waals surface area contributed by atoms with E-state index in [1.807, 2.05) is 27.7 Å². The molecule has 1 unspecified atom stereocenters. The summed E-state index contributed by atoms with van der Waals surface area (Å²) < 4.78 is 11.3. The second-order valence-corrected chi connectivity index (χ2v) is 7.22. The molecule has 5 nitrogen and oxygen atoms in total. The summed E-state index contributed by atoms with van der Waals surface area (Å²) in [5.74, 6) is 0.236. The summed E-state index contributed by atoms with van der Waals surface area (Å²) in [6.07, 6.45) is -0.252. The molecule has 1 atom stereocenters. The fourth-order valence-electron chi connectivity index (χ4n) is 2.58. The minimum atomic E-state index is -0.507. The van der Waals surface area contributed by atoms with Crippen LogP contribution in [0.3, 0.4) is 0 Å². The number of hydrogen-bond donors (Lipinski definition) is 2. The van der Waals surface area contributed by atoms with E-state index in [-0.39, 0.29) is 12.2 Å². The average molecular weight is 383 g/mol. The third-order valence-corrected chi connectivity index (χ3v) is 3.93. The molecule has 0 bridgehead atoms. The van der Waals surface area contributed by atoms with Gasteiger partial charge in [0.15, 0.2) is 5.11 Å². The van der Waals surface area contributed by atoms with Crippen LogP contribution in [0.5, 0.6) is 5.75 Å². The van der Waals surface area contributed by atoms with E-state index in [1.54, 1.807) is 25.1 Å². The van der Waals surface area contributed by atoms with Gasteiger partial charge in [0.2, 0.25) is 0 Å². The average Bonchev–Trinajstić information content (AvgIpc) is 2.46. The van der Waals surface area contributed by atoms with Crippen LogP contribution in [0.15, 0.2) is 29.5 Å². The fraction of sp³-hybridized carbons (Fsp3) is 0.444. The Morgan fingerprint density at radius 3 is 2.52 bits per heavy atom. The van der Waals surface area contributed by atoms with Gasteiger partial charge in [-0.3, -0.25) is 0 Å². The van der Waals surface area contributed by atoms with E-state index in [9.17, 15) is 4.79 Å². The molecule has 0 saturated carbocycles. The van der Waals surface area contributed by atoms with Crippen LogP contribution < -0.4 is 15.4 Å². The lowest BCUT2D eigenvalue weighted by Crippen LogP contribution is -2.45. The van der Waals surface area contributed by atoms with Crippen molar-refractivity contribution >= 4 is 34.9 Å². The van der Waals surface area contributed by atoms with Crippen molar-refractivity contribution in [3.05, 3.63) is 40.1 Å². The number of carbonyl (C=O) groups excluding carboxylic acids is 1. The van der Waals surface area contributed by atoms with Gasteiger partial charge in [-0.2, -0.15) is 0 Å². The normalized spacial score (nSPS) is 17.4. The lowest BCUT2D eigenvalue weighted by molar-refractivity contribution is -0.143. The first-order chi connectivity index (χ1) is 11.7. The van der Waals surface area contributed by atoms with Gasteiger partial charge in [0.1, 0.15) is 5.75 Å². The molecule has 0 aliphatic carbocycles. The molecule has 0 amide bonds. The lowest BCUT2D eigenvalue weighted by Gasteiger charge is -2.31. The van der Waals surface area contributed by atoms with Gasteiger partial charge in [-0.05, 0) is 65.0 Å². The molecule has 0 fully saturated rings. The molecule has 2 N–H and O–H groups in total. The van der Waals surface area contributed by atoms with E-state index in [2.05, 4.69) is 10.6 Å². The van der Waals surface area contributed by atoms with Gasteiger partial charge in [0, 0.05) is 16.3 Å². The van der Waals surface area contributed by atoms with Crippen LogP contribution in [-0.2, 0) is 9.53 Å². The zero-order valence-corrected chi connectivity index (χ0v) is 16.5. The molecule has 1 aliphatic heterocycles. The molecule has 25 heavy (non-hydrogen) atoms. The minimum Gasteiger partial charge on any atom is -0.491 e. The van der Waals surface area contributed by atoms with Crippen LogP contribution in [0.1, 0.15) is 46.2 Å².